The molecule has 0 aliphatic heterocycles. The van der Waals surface area contributed by atoms with Crippen LogP contribution in [-0.4, -0.2) is 35.9 Å². The van der Waals surface area contributed by atoms with Crippen molar-refractivity contribution in [1.82, 2.24) is 20.8 Å². The molecule has 8 nitrogen and oxygen atoms in total. The van der Waals surface area contributed by atoms with Crippen molar-refractivity contribution in [1.29, 1.82) is 0 Å². The van der Waals surface area contributed by atoms with Gasteiger partial charge in [0.15, 0.2) is 11.5 Å². The maximum atomic E-state index is 11.7. The fourth-order valence-electron chi connectivity index (χ4n) is 1.96. The van der Waals surface area contributed by atoms with Gasteiger partial charge in [-0.15, -0.1) is 0 Å². The molecule has 2 amide bonds. The Morgan fingerprint density at radius 2 is 1.92 bits per heavy atom. The molecule has 0 spiro atoms. The predicted molar refractivity (Wildman–Crippen MR) is 88.0 cm³/mol. The zero-order valence-corrected chi connectivity index (χ0v) is 14.5. The number of nitrogens with one attached hydrogen (secondary N) is 2. The summed E-state index contributed by atoms with van der Waals surface area (Å²) in [6.45, 7) is 5.83. The number of hydrogen-bond acceptors (Lipinski definition) is 6. The van der Waals surface area contributed by atoms with Gasteiger partial charge in [-0.3, -0.25) is 0 Å². The molecule has 2 N–H and O–H groups in total. The summed E-state index contributed by atoms with van der Waals surface area (Å²) in [5.74, 6) is 1.90. The molecule has 130 valence electrons. The molecule has 0 radical (unpaired) electrons. The number of carbonyl (C=O) groups is 1. The highest BCUT2D eigenvalue weighted by Crippen LogP contribution is 2.31. The van der Waals surface area contributed by atoms with E-state index in [1.54, 1.807) is 32.4 Å². The van der Waals surface area contributed by atoms with E-state index in [0.29, 0.717) is 23.2 Å². The van der Waals surface area contributed by atoms with Gasteiger partial charge in [0.25, 0.3) is 0 Å². The van der Waals surface area contributed by atoms with E-state index in [-0.39, 0.29) is 18.1 Å². The van der Waals surface area contributed by atoms with Gasteiger partial charge < -0.3 is 24.6 Å². The molecule has 1 aromatic carbocycles. The SMILES string of the molecule is COc1ccc(-c2noc(CNC(=O)NC(C)(C)C)n2)cc1OC. The van der Waals surface area contributed by atoms with Crippen molar-refractivity contribution in [3.05, 3.63) is 24.1 Å². The van der Waals surface area contributed by atoms with Crippen molar-refractivity contribution in [2.45, 2.75) is 32.9 Å². The summed E-state index contributed by atoms with van der Waals surface area (Å²) < 4.78 is 15.6. The number of methoxy groups -OCH3 is 2. The first-order valence-electron chi connectivity index (χ1n) is 7.43. The monoisotopic (exact) mass is 334 g/mol. The maximum absolute atomic E-state index is 11.7. The minimum absolute atomic E-state index is 0.141. The van der Waals surface area contributed by atoms with Gasteiger partial charge in [0.1, 0.15) is 0 Å². The fourth-order valence-corrected chi connectivity index (χ4v) is 1.96. The lowest BCUT2D eigenvalue weighted by Crippen LogP contribution is -2.46. The lowest BCUT2D eigenvalue weighted by atomic mass is 10.1. The molecule has 0 saturated carbocycles. The summed E-state index contributed by atoms with van der Waals surface area (Å²) in [5.41, 5.74) is 0.408. The second-order valence-electron chi connectivity index (χ2n) is 6.14. The van der Waals surface area contributed by atoms with Gasteiger partial charge in [-0.1, -0.05) is 5.16 Å². The second kappa shape index (κ2) is 7.20. The molecule has 0 unspecified atom stereocenters. The van der Waals surface area contributed by atoms with Gasteiger partial charge in [0, 0.05) is 11.1 Å². The minimum atomic E-state index is -0.316. The molecule has 24 heavy (non-hydrogen) atoms. The molecule has 1 heterocycles. The average molecular weight is 334 g/mol. The van der Waals surface area contributed by atoms with E-state index in [9.17, 15) is 4.79 Å². The zero-order valence-electron chi connectivity index (χ0n) is 14.5. The van der Waals surface area contributed by atoms with Crippen molar-refractivity contribution in [3.63, 3.8) is 0 Å². The number of rotatable bonds is 5. The number of urea groups is 1. The van der Waals surface area contributed by atoms with Crippen LogP contribution in [-0.2, 0) is 6.54 Å². The second-order valence-corrected chi connectivity index (χ2v) is 6.14. The van der Waals surface area contributed by atoms with Gasteiger partial charge in [-0.2, -0.15) is 4.98 Å². The van der Waals surface area contributed by atoms with E-state index in [1.165, 1.54) is 0 Å². The molecule has 1 aromatic heterocycles. The van der Waals surface area contributed by atoms with Crippen molar-refractivity contribution in [3.8, 4) is 22.9 Å². The lowest BCUT2D eigenvalue weighted by molar-refractivity contribution is 0.229. The molecular weight excluding hydrogens is 312 g/mol. The Kier molecular flexibility index (Phi) is 5.28. The Morgan fingerprint density at radius 3 is 2.54 bits per heavy atom. The van der Waals surface area contributed by atoms with Crippen LogP contribution in [0.1, 0.15) is 26.7 Å². The smallest absolute Gasteiger partial charge is 0.315 e. The average Bonchev–Trinajstić information content (AvgIpc) is 2.99. The summed E-state index contributed by atoms with van der Waals surface area (Å²) in [7, 11) is 3.12. The molecular formula is C16H22N4O4. The molecule has 0 fully saturated rings. The topological polar surface area (TPSA) is 98.5 Å². The molecule has 0 bridgehead atoms. The summed E-state index contributed by atoms with van der Waals surface area (Å²) in [5, 5.41) is 9.37. The van der Waals surface area contributed by atoms with Crippen LogP contribution in [0.4, 0.5) is 4.79 Å². The van der Waals surface area contributed by atoms with Crippen molar-refractivity contribution in [2.24, 2.45) is 0 Å². The van der Waals surface area contributed by atoms with Gasteiger partial charge in [-0.05, 0) is 39.0 Å². The molecule has 0 aliphatic carbocycles. The van der Waals surface area contributed by atoms with Crippen LogP contribution < -0.4 is 20.1 Å². The first-order chi connectivity index (χ1) is 11.3. The molecule has 8 heteroatoms. The highest BCUT2D eigenvalue weighted by atomic mass is 16.5. The first-order valence-corrected chi connectivity index (χ1v) is 7.43. The summed E-state index contributed by atoms with van der Waals surface area (Å²) in [6.07, 6.45) is 0. The van der Waals surface area contributed by atoms with E-state index < -0.39 is 0 Å². The number of nitrogens with zero attached hydrogens (tertiary/aromatic N) is 2. The predicted octanol–water partition coefficient (Wildman–Crippen LogP) is 2.35. The summed E-state index contributed by atoms with van der Waals surface area (Å²) >= 11 is 0. The third kappa shape index (κ3) is 4.61. The molecule has 2 rings (SSSR count). The highest BCUT2D eigenvalue weighted by Gasteiger charge is 2.15. The van der Waals surface area contributed by atoms with E-state index in [0.717, 1.165) is 5.56 Å². The van der Waals surface area contributed by atoms with Crippen LogP contribution in [0, 0.1) is 0 Å². The number of aromatic nitrogens is 2. The molecule has 2 aromatic rings. The standard InChI is InChI=1S/C16H22N4O4/c1-16(2,3)19-15(21)17-9-13-18-14(20-24-13)10-6-7-11(22-4)12(8-10)23-5/h6-8H,9H2,1-5H3,(H2,17,19,21). The lowest BCUT2D eigenvalue weighted by Gasteiger charge is -2.20. The Morgan fingerprint density at radius 1 is 1.21 bits per heavy atom. The quantitative estimate of drug-likeness (QED) is 0.871. The summed E-state index contributed by atoms with van der Waals surface area (Å²) in [6, 6.07) is 5.02. The number of carbonyl (C=O) groups excluding carboxylic acids is 1. The Labute approximate surface area is 140 Å². The van der Waals surface area contributed by atoms with E-state index >= 15 is 0 Å². The highest BCUT2D eigenvalue weighted by molar-refractivity contribution is 5.74. The number of benzene rings is 1. The van der Waals surface area contributed by atoms with Gasteiger partial charge in [0.05, 0.1) is 20.8 Å². The van der Waals surface area contributed by atoms with Crippen molar-refractivity contribution >= 4 is 6.03 Å². The number of hydrogen-bond donors (Lipinski definition) is 2. The van der Waals surface area contributed by atoms with E-state index in [2.05, 4.69) is 20.8 Å². The van der Waals surface area contributed by atoms with Crippen LogP contribution in [0.15, 0.2) is 22.7 Å². The Hall–Kier alpha value is -2.77. The number of amides is 2. The Balaban J connectivity index is 2.04. The van der Waals surface area contributed by atoms with Gasteiger partial charge >= 0.3 is 6.03 Å². The van der Waals surface area contributed by atoms with Gasteiger partial charge in [-0.25, -0.2) is 4.79 Å². The Bertz CT molecular complexity index is 706. The van der Waals surface area contributed by atoms with Crippen molar-refractivity contribution < 1.29 is 18.8 Å². The van der Waals surface area contributed by atoms with Crippen LogP contribution in [0.2, 0.25) is 0 Å². The fraction of sp³-hybridized carbons (Fsp3) is 0.438. The molecule has 0 aliphatic rings. The zero-order chi connectivity index (χ0) is 17.7. The van der Waals surface area contributed by atoms with Gasteiger partial charge in [0.2, 0.25) is 11.7 Å². The first kappa shape index (κ1) is 17.6. The van der Waals surface area contributed by atoms with E-state index in [1.807, 2.05) is 20.8 Å². The number of ether oxygens (including phenoxy) is 2. The summed E-state index contributed by atoms with van der Waals surface area (Å²) in [4.78, 5) is 16.0. The maximum Gasteiger partial charge on any atom is 0.315 e. The largest absolute Gasteiger partial charge is 0.493 e. The minimum Gasteiger partial charge on any atom is -0.493 e. The molecule has 0 atom stereocenters. The van der Waals surface area contributed by atoms with Crippen LogP contribution in [0.5, 0.6) is 11.5 Å². The third-order valence-corrected chi connectivity index (χ3v) is 3.00. The van der Waals surface area contributed by atoms with Crippen LogP contribution in [0.25, 0.3) is 11.4 Å². The van der Waals surface area contributed by atoms with E-state index in [4.69, 9.17) is 14.0 Å². The third-order valence-electron chi connectivity index (χ3n) is 3.00. The molecule has 0 saturated heterocycles. The normalized spacial score (nSPS) is 11.0. The van der Waals surface area contributed by atoms with Crippen molar-refractivity contribution in [2.75, 3.05) is 14.2 Å². The van der Waals surface area contributed by atoms with Crippen LogP contribution in [0.3, 0.4) is 0 Å². The van der Waals surface area contributed by atoms with Crippen LogP contribution >= 0.6 is 0 Å².